The zero-order chi connectivity index (χ0) is 20.5. The van der Waals surface area contributed by atoms with Crippen molar-refractivity contribution in [3.05, 3.63) is 98.5 Å². The van der Waals surface area contributed by atoms with Gasteiger partial charge in [0.2, 0.25) is 0 Å². The molecule has 0 unspecified atom stereocenters. The highest BCUT2D eigenvalue weighted by atomic mass is 79.9. The highest BCUT2D eigenvalue weighted by Gasteiger charge is 2.05. The third-order valence-corrected chi connectivity index (χ3v) is 4.89. The third-order valence-electron chi connectivity index (χ3n) is 4.27. The van der Waals surface area contributed by atoms with Crippen molar-refractivity contribution in [3.8, 4) is 5.75 Å². The minimum atomic E-state index is -0.401. The van der Waals surface area contributed by atoms with E-state index in [-0.39, 0.29) is 18.1 Å². The molecule has 0 heterocycles. The summed E-state index contributed by atoms with van der Waals surface area (Å²) in [6, 6.07) is 22.5. The maximum atomic E-state index is 10.7. The van der Waals surface area contributed by atoms with E-state index >= 15 is 0 Å². The van der Waals surface area contributed by atoms with E-state index in [4.69, 9.17) is 4.74 Å². The average molecular weight is 493 g/mol. The van der Waals surface area contributed by atoms with E-state index in [0.717, 1.165) is 46.7 Å². The summed E-state index contributed by atoms with van der Waals surface area (Å²) in [5, 5.41) is 17.3. The summed E-state index contributed by atoms with van der Waals surface area (Å²) in [5.41, 5.74) is 3.24. The fourth-order valence-corrected chi connectivity index (χ4v) is 3.28. The number of hydrogen-bond acceptors (Lipinski definition) is 5. The van der Waals surface area contributed by atoms with E-state index in [1.807, 2.05) is 42.5 Å². The van der Waals surface area contributed by atoms with Crippen molar-refractivity contribution in [2.24, 2.45) is 0 Å². The van der Waals surface area contributed by atoms with Crippen LogP contribution in [0, 0.1) is 10.1 Å². The van der Waals surface area contributed by atoms with Crippen molar-refractivity contribution in [3.63, 3.8) is 0 Å². The highest BCUT2D eigenvalue weighted by molar-refractivity contribution is 9.10. The van der Waals surface area contributed by atoms with Crippen molar-refractivity contribution in [1.82, 2.24) is 5.32 Å². The topological polar surface area (TPSA) is 76.4 Å². The lowest BCUT2D eigenvalue weighted by atomic mass is 10.2. The number of anilines is 1. The quantitative estimate of drug-likeness (QED) is 0.220. The van der Waals surface area contributed by atoms with Crippen LogP contribution in [0.25, 0.3) is 0 Å². The molecule has 0 atom stereocenters. The molecule has 0 aromatic heterocycles. The van der Waals surface area contributed by atoms with Gasteiger partial charge in [-0.15, -0.1) is 12.4 Å². The number of nitro benzene ring substituents is 1. The predicted molar refractivity (Wildman–Crippen MR) is 125 cm³/mol. The van der Waals surface area contributed by atoms with Gasteiger partial charge in [-0.2, -0.15) is 0 Å². The second-order valence-corrected chi connectivity index (χ2v) is 7.30. The molecular formula is C22H23BrClN3O3. The molecule has 0 aliphatic rings. The fourth-order valence-electron chi connectivity index (χ4n) is 2.74. The Balaban J connectivity index is 0.00000320. The van der Waals surface area contributed by atoms with E-state index in [1.54, 1.807) is 12.1 Å². The van der Waals surface area contributed by atoms with Crippen molar-refractivity contribution in [2.45, 2.75) is 13.2 Å². The zero-order valence-corrected chi connectivity index (χ0v) is 18.6. The Hall–Kier alpha value is -2.61. The highest BCUT2D eigenvalue weighted by Crippen LogP contribution is 2.26. The molecule has 30 heavy (non-hydrogen) atoms. The molecule has 0 aliphatic carbocycles. The van der Waals surface area contributed by atoms with E-state index < -0.39 is 4.92 Å². The summed E-state index contributed by atoms with van der Waals surface area (Å²) < 4.78 is 6.80. The molecule has 0 aliphatic heterocycles. The Labute approximate surface area is 190 Å². The van der Waals surface area contributed by atoms with E-state index in [2.05, 4.69) is 32.6 Å². The zero-order valence-electron chi connectivity index (χ0n) is 16.2. The van der Waals surface area contributed by atoms with Crippen LogP contribution < -0.4 is 15.4 Å². The van der Waals surface area contributed by atoms with Gasteiger partial charge in [0, 0.05) is 37.5 Å². The molecule has 0 spiro atoms. The second kappa shape index (κ2) is 12.2. The number of nitrogens with one attached hydrogen (secondary N) is 2. The van der Waals surface area contributed by atoms with Gasteiger partial charge in [-0.25, -0.2) is 0 Å². The van der Waals surface area contributed by atoms with E-state index in [0.29, 0.717) is 6.61 Å². The molecule has 3 aromatic rings. The molecule has 0 saturated carbocycles. The van der Waals surface area contributed by atoms with E-state index in [1.165, 1.54) is 12.1 Å². The number of nitro groups is 1. The van der Waals surface area contributed by atoms with Crippen LogP contribution in [0.3, 0.4) is 0 Å². The first-order valence-corrected chi connectivity index (χ1v) is 10.1. The molecular weight excluding hydrogens is 470 g/mol. The van der Waals surface area contributed by atoms with Crippen LogP contribution >= 0.6 is 28.3 Å². The van der Waals surface area contributed by atoms with Crippen molar-refractivity contribution >= 4 is 39.7 Å². The minimum Gasteiger partial charge on any atom is -0.488 e. The predicted octanol–water partition coefficient (Wildman–Crippen LogP) is 5.56. The Morgan fingerprint density at radius 3 is 2.33 bits per heavy atom. The van der Waals surface area contributed by atoms with Crippen LogP contribution in [0.4, 0.5) is 11.4 Å². The normalized spacial score (nSPS) is 10.2. The maximum absolute atomic E-state index is 10.7. The number of hydrogen-bond donors (Lipinski definition) is 2. The number of non-ortho nitro benzene ring substituents is 1. The number of ether oxygens (including phenoxy) is 1. The van der Waals surface area contributed by atoms with Gasteiger partial charge in [0.25, 0.3) is 5.69 Å². The van der Waals surface area contributed by atoms with Gasteiger partial charge in [-0.05, 0) is 51.3 Å². The molecule has 6 nitrogen and oxygen atoms in total. The number of halogens is 2. The Bertz CT molecular complexity index is 940. The van der Waals surface area contributed by atoms with Gasteiger partial charge >= 0.3 is 0 Å². The van der Waals surface area contributed by atoms with Gasteiger partial charge in [-0.1, -0.05) is 36.4 Å². The number of rotatable bonds is 10. The smallest absolute Gasteiger partial charge is 0.269 e. The lowest BCUT2D eigenvalue weighted by Gasteiger charge is -2.11. The summed E-state index contributed by atoms with van der Waals surface area (Å²) in [7, 11) is 0. The summed E-state index contributed by atoms with van der Waals surface area (Å²) in [4.78, 5) is 10.3. The third kappa shape index (κ3) is 7.33. The molecule has 158 valence electrons. The number of benzene rings is 3. The lowest BCUT2D eigenvalue weighted by Crippen LogP contribution is -2.21. The van der Waals surface area contributed by atoms with Crippen molar-refractivity contribution in [1.29, 1.82) is 0 Å². The van der Waals surface area contributed by atoms with Gasteiger partial charge in [-0.3, -0.25) is 10.1 Å². The Kier molecular flexibility index (Phi) is 9.60. The average Bonchev–Trinajstić information content (AvgIpc) is 2.74. The van der Waals surface area contributed by atoms with Crippen molar-refractivity contribution < 1.29 is 9.66 Å². The van der Waals surface area contributed by atoms with Gasteiger partial charge < -0.3 is 15.4 Å². The fraction of sp³-hybridized carbons (Fsp3) is 0.182. The van der Waals surface area contributed by atoms with Crippen LogP contribution in [0.15, 0.2) is 77.3 Å². The molecule has 0 amide bonds. The molecule has 0 saturated heterocycles. The summed E-state index contributed by atoms with van der Waals surface area (Å²) in [6.45, 7) is 2.75. The molecule has 8 heteroatoms. The van der Waals surface area contributed by atoms with Gasteiger partial charge in [0.15, 0.2) is 0 Å². The number of nitrogens with zero attached hydrogens (tertiary/aromatic N) is 1. The molecule has 3 rings (SSSR count). The van der Waals surface area contributed by atoms with Gasteiger partial charge in [0.05, 0.1) is 9.40 Å². The first kappa shape index (κ1) is 23.7. The Morgan fingerprint density at radius 1 is 0.933 bits per heavy atom. The first-order valence-electron chi connectivity index (χ1n) is 9.26. The minimum absolute atomic E-state index is 0. The van der Waals surface area contributed by atoms with E-state index in [9.17, 15) is 10.1 Å². The lowest BCUT2D eigenvalue weighted by molar-refractivity contribution is -0.384. The van der Waals surface area contributed by atoms with Crippen LogP contribution in [0.2, 0.25) is 0 Å². The molecule has 0 fully saturated rings. The van der Waals surface area contributed by atoms with Crippen LogP contribution in [-0.2, 0) is 13.2 Å². The Morgan fingerprint density at radius 2 is 1.67 bits per heavy atom. The van der Waals surface area contributed by atoms with Crippen LogP contribution in [0.1, 0.15) is 11.1 Å². The van der Waals surface area contributed by atoms with Crippen molar-refractivity contribution in [2.75, 3.05) is 18.4 Å². The van der Waals surface area contributed by atoms with Gasteiger partial charge in [0.1, 0.15) is 12.4 Å². The van der Waals surface area contributed by atoms with Crippen LogP contribution in [0.5, 0.6) is 5.75 Å². The SMILES string of the molecule is Cl.O=[N+]([O-])c1ccc(NCCNCc2ccc(OCc3ccccc3)c(Br)c2)cc1. The van der Waals surface area contributed by atoms with Crippen LogP contribution in [-0.4, -0.2) is 18.0 Å². The standard InChI is InChI=1S/C22H22BrN3O3.ClH/c23-21-14-18(6-11-22(21)29-16-17-4-2-1-3-5-17)15-24-12-13-25-19-7-9-20(10-8-19)26(27)28;/h1-11,14,24-25H,12-13,15-16H2;1H. The summed E-state index contributed by atoms with van der Waals surface area (Å²) in [5.74, 6) is 0.817. The maximum Gasteiger partial charge on any atom is 0.269 e. The monoisotopic (exact) mass is 491 g/mol. The largest absolute Gasteiger partial charge is 0.488 e. The second-order valence-electron chi connectivity index (χ2n) is 6.45. The summed E-state index contributed by atoms with van der Waals surface area (Å²) >= 11 is 3.58. The molecule has 0 radical (unpaired) electrons. The first-order chi connectivity index (χ1) is 14.1. The molecule has 3 aromatic carbocycles. The molecule has 0 bridgehead atoms. The summed E-state index contributed by atoms with van der Waals surface area (Å²) in [6.07, 6.45) is 0. The molecule has 2 N–H and O–H groups in total.